The Kier molecular flexibility index (Phi) is 4.47. The molecule has 1 atom stereocenters. The summed E-state index contributed by atoms with van der Waals surface area (Å²) < 4.78 is 11.0. The molecule has 1 aliphatic rings. The molecule has 0 aromatic heterocycles. The topological polar surface area (TPSA) is 47.6 Å². The minimum Gasteiger partial charge on any atom is -0.497 e. The van der Waals surface area contributed by atoms with Crippen molar-refractivity contribution in [3.8, 4) is 11.5 Å². The Balaban J connectivity index is 1.77. The van der Waals surface area contributed by atoms with Crippen LogP contribution in [0.5, 0.6) is 11.5 Å². The summed E-state index contributed by atoms with van der Waals surface area (Å²) in [6, 6.07) is 9.88. The van der Waals surface area contributed by atoms with Gasteiger partial charge in [-0.05, 0) is 62.1 Å². The summed E-state index contributed by atoms with van der Waals surface area (Å²) in [5.74, 6) is 1.41. The standard InChI is InChI=1S/C20H23NO3/c1-12-7-13(2)19(14(3)8-12)21-20(22)16-9-15-10-17(23-4)5-6-18(15)24-11-16/h5-8,10,16H,9,11H2,1-4H3,(H,21,22)/t16-/m0/s1. The second kappa shape index (κ2) is 6.56. The molecule has 1 N–H and O–H groups in total. The number of ether oxygens (including phenoxy) is 2. The van der Waals surface area contributed by atoms with E-state index in [1.165, 1.54) is 5.56 Å². The molecule has 0 saturated heterocycles. The first-order chi connectivity index (χ1) is 11.5. The van der Waals surface area contributed by atoms with Gasteiger partial charge in [0.1, 0.15) is 18.1 Å². The van der Waals surface area contributed by atoms with Crippen LogP contribution in [0, 0.1) is 26.7 Å². The van der Waals surface area contributed by atoms with Crippen LogP contribution in [0.25, 0.3) is 0 Å². The van der Waals surface area contributed by atoms with Crippen LogP contribution in [0.15, 0.2) is 30.3 Å². The molecule has 4 nitrogen and oxygen atoms in total. The van der Waals surface area contributed by atoms with E-state index in [9.17, 15) is 4.79 Å². The van der Waals surface area contributed by atoms with E-state index in [4.69, 9.17) is 9.47 Å². The molecule has 1 aliphatic heterocycles. The number of anilines is 1. The van der Waals surface area contributed by atoms with E-state index in [-0.39, 0.29) is 11.8 Å². The molecule has 2 aromatic carbocycles. The highest BCUT2D eigenvalue weighted by molar-refractivity contribution is 5.94. The number of aryl methyl sites for hydroxylation is 3. The van der Waals surface area contributed by atoms with Gasteiger partial charge in [-0.15, -0.1) is 0 Å². The monoisotopic (exact) mass is 325 g/mol. The normalized spacial score (nSPS) is 16.1. The maximum absolute atomic E-state index is 12.7. The molecule has 0 aliphatic carbocycles. The fraction of sp³-hybridized carbons (Fsp3) is 0.350. The Morgan fingerprint density at radius 3 is 2.54 bits per heavy atom. The van der Waals surface area contributed by atoms with Gasteiger partial charge in [0.15, 0.2) is 0 Å². The first kappa shape index (κ1) is 16.4. The molecular formula is C20H23NO3. The van der Waals surface area contributed by atoms with E-state index >= 15 is 0 Å². The molecule has 1 amide bonds. The Labute approximate surface area is 142 Å². The number of nitrogens with one attached hydrogen (secondary N) is 1. The first-order valence-corrected chi connectivity index (χ1v) is 8.16. The van der Waals surface area contributed by atoms with Gasteiger partial charge in [0, 0.05) is 5.69 Å². The second-order valence-corrected chi connectivity index (χ2v) is 6.45. The average Bonchev–Trinajstić information content (AvgIpc) is 2.56. The molecule has 0 unspecified atom stereocenters. The Morgan fingerprint density at radius 2 is 1.88 bits per heavy atom. The number of benzene rings is 2. The van der Waals surface area contributed by atoms with Gasteiger partial charge < -0.3 is 14.8 Å². The molecule has 4 heteroatoms. The van der Waals surface area contributed by atoms with Crippen molar-refractivity contribution in [2.45, 2.75) is 27.2 Å². The minimum absolute atomic E-state index is 0.00137. The van der Waals surface area contributed by atoms with Crippen molar-refractivity contribution in [3.63, 3.8) is 0 Å². The molecule has 3 rings (SSSR count). The van der Waals surface area contributed by atoms with E-state index in [1.54, 1.807) is 7.11 Å². The van der Waals surface area contributed by atoms with Crippen LogP contribution in [0.1, 0.15) is 22.3 Å². The van der Waals surface area contributed by atoms with E-state index in [2.05, 4.69) is 24.4 Å². The number of fused-ring (bicyclic) bond motifs is 1. The summed E-state index contributed by atoms with van der Waals surface area (Å²) in [7, 11) is 1.64. The summed E-state index contributed by atoms with van der Waals surface area (Å²) in [6.07, 6.45) is 0.655. The maximum Gasteiger partial charge on any atom is 0.231 e. The zero-order chi connectivity index (χ0) is 17.3. The lowest BCUT2D eigenvalue weighted by molar-refractivity contribution is -0.121. The Bertz CT molecular complexity index is 759. The van der Waals surface area contributed by atoms with Gasteiger partial charge in [0.25, 0.3) is 0 Å². The van der Waals surface area contributed by atoms with Crippen molar-refractivity contribution >= 4 is 11.6 Å². The van der Waals surface area contributed by atoms with Gasteiger partial charge in [-0.3, -0.25) is 4.79 Å². The quantitative estimate of drug-likeness (QED) is 0.933. The second-order valence-electron chi connectivity index (χ2n) is 6.45. The Hall–Kier alpha value is -2.49. The summed E-state index contributed by atoms with van der Waals surface area (Å²) in [6.45, 7) is 6.50. The van der Waals surface area contributed by atoms with Crippen molar-refractivity contribution in [1.29, 1.82) is 0 Å². The van der Waals surface area contributed by atoms with Crippen LogP contribution < -0.4 is 14.8 Å². The fourth-order valence-electron chi connectivity index (χ4n) is 3.27. The average molecular weight is 325 g/mol. The number of rotatable bonds is 3. The summed E-state index contributed by atoms with van der Waals surface area (Å²) in [4.78, 5) is 12.7. The van der Waals surface area contributed by atoms with Crippen LogP contribution in [0.4, 0.5) is 5.69 Å². The smallest absolute Gasteiger partial charge is 0.231 e. The van der Waals surface area contributed by atoms with Crippen LogP contribution >= 0.6 is 0 Å². The van der Waals surface area contributed by atoms with Crippen molar-refractivity contribution in [2.75, 3.05) is 19.0 Å². The first-order valence-electron chi connectivity index (χ1n) is 8.16. The van der Waals surface area contributed by atoms with E-state index in [1.807, 2.05) is 32.0 Å². The molecule has 24 heavy (non-hydrogen) atoms. The van der Waals surface area contributed by atoms with Crippen molar-refractivity contribution in [2.24, 2.45) is 5.92 Å². The lowest BCUT2D eigenvalue weighted by atomic mass is 9.95. The number of hydrogen-bond donors (Lipinski definition) is 1. The third kappa shape index (κ3) is 3.23. The summed E-state index contributed by atoms with van der Waals surface area (Å²) in [5.41, 5.74) is 5.28. The fourth-order valence-corrected chi connectivity index (χ4v) is 3.27. The molecule has 0 saturated carbocycles. The third-order valence-electron chi connectivity index (χ3n) is 4.47. The predicted octanol–water partition coefficient (Wildman–Crippen LogP) is 3.81. The van der Waals surface area contributed by atoms with Gasteiger partial charge in [-0.25, -0.2) is 0 Å². The van der Waals surface area contributed by atoms with Gasteiger partial charge in [-0.2, -0.15) is 0 Å². The van der Waals surface area contributed by atoms with Crippen LogP contribution in [-0.2, 0) is 11.2 Å². The lowest BCUT2D eigenvalue weighted by Crippen LogP contribution is -2.33. The Morgan fingerprint density at radius 1 is 1.17 bits per heavy atom. The van der Waals surface area contributed by atoms with Crippen LogP contribution in [-0.4, -0.2) is 19.6 Å². The van der Waals surface area contributed by atoms with E-state index < -0.39 is 0 Å². The number of hydrogen-bond acceptors (Lipinski definition) is 3. The van der Waals surface area contributed by atoms with Gasteiger partial charge in [0.05, 0.1) is 13.0 Å². The molecule has 126 valence electrons. The third-order valence-corrected chi connectivity index (χ3v) is 4.47. The van der Waals surface area contributed by atoms with Crippen molar-refractivity contribution in [3.05, 3.63) is 52.6 Å². The maximum atomic E-state index is 12.7. The SMILES string of the molecule is COc1ccc2c(c1)C[C@H](C(=O)Nc1c(C)cc(C)cc1C)CO2. The highest BCUT2D eigenvalue weighted by atomic mass is 16.5. The molecule has 0 radical (unpaired) electrons. The molecule has 2 aromatic rings. The van der Waals surface area contributed by atoms with Crippen LogP contribution in [0.2, 0.25) is 0 Å². The molecule has 1 heterocycles. The highest BCUT2D eigenvalue weighted by Crippen LogP contribution is 2.31. The zero-order valence-electron chi connectivity index (χ0n) is 14.6. The molecule has 0 bridgehead atoms. The number of carbonyl (C=O) groups excluding carboxylic acids is 1. The highest BCUT2D eigenvalue weighted by Gasteiger charge is 2.27. The van der Waals surface area contributed by atoms with E-state index in [0.29, 0.717) is 13.0 Å². The minimum atomic E-state index is -0.204. The summed E-state index contributed by atoms with van der Waals surface area (Å²) >= 11 is 0. The molecular weight excluding hydrogens is 302 g/mol. The predicted molar refractivity (Wildman–Crippen MR) is 95.0 cm³/mol. The molecule has 0 spiro atoms. The van der Waals surface area contributed by atoms with Gasteiger partial charge in [-0.1, -0.05) is 17.7 Å². The van der Waals surface area contributed by atoms with Crippen molar-refractivity contribution < 1.29 is 14.3 Å². The zero-order valence-corrected chi connectivity index (χ0v) is 14.6. The molecule has 0 fully saturated rings. The van der Waals surface area contributed by atoms with E-state index in [0.717, 1.165) is 33.9 Å². The lowest BCUT2D eigenvalue weighted by Gasteiger charge is -2.25. The largest absolute Gasteiger partial charge is 0.497 e. The van der Waals surface area contributed by atoms with Crippen LogP contribution in [0.3, 0.4) is 0 Å². The van der Waals surface area contributed by atoms with Crippen molar-refractivity contribution in [1.82, 2.24) is 0 Å². The number of amides is 1. The van der Waals surface area contributed by atoms with Gasteiger partial charge >= 0.3 is 0 Å². The summed E-state index contributed by atoms with van der Waals surface area (Å²) in [5, 5.41) is 3.08. The number of carbonyl (C=O) groups is 1. The number of methoxy groups -OCH3 is 1. The van der Waals surface area contributed by atoms with Gasteiger partial charge in [0.2, 0.25) is 5.91 Å².